The number of amides is 1. The van der Waals surface area contributed by atoms with Crippen LogP contribution < -0.4 is 0 Å². The number of nitro benzene ring substituents is 1. The minimum atomic E-state index is -0.648. The van der Waals surface area contributed by atoms with Gasteiger partial charge in [0.05, 0.1) is 4.92 Å². The number of hydrogen-bond acceptors (Lipinski definition) is 3. The van der Waals surface area contributed by atoms with Crippen molar-refractivity contribution in [3.63, 3.8) is 0 Å². The van der Waals surface area contributed by atoms with E-state index < -0.39 is 16.6 Å². The minimum absolute atomic E-state index is 0.000813. The van der Waals surface area contributed by atoms with Gasteiger partial charge in [0.1, 0.15) is 11.4 Å². The maximum Gasteiger partial charge on any atom is 0.282 e. The minimum Gasteiger partial charge on any atom is -0.335 e. The highest BCUT2D eigenvalue weighted by Crippen LogP contribution is 2.27. The Morgan fingerprint density at radius 2 is 2.15 bits per heavy atom. The summed E-state index contributed by atoms with van der Waals surface area (Å²) in [4.78, 5) is 24.4. The Labute approximate surface area is 116 Å². The Bertz CT molecular complexity index is 547. The van der Waals surface area contributed by atoms with E-state index in [0.717, 1.165) is 31.0 Å². The van der Waals surface area contributed by atoms with Gasteiger partial charge in [0.2, 0.25) is 0 Å². The van der Waals surface area contributed by atoms with Crippen molar-refractivity contribution in [1.82, 2.24) is 4.90 Å². The van der Waals surface area contributed by atoms with E-state index in [1.54, 1.807) is 4.90 Å². The van der Waals surface area contributed by atoms with E-state index in [-0.39, 0.29) is 17.3 Å². The first-order valence-electron chi connectivity index (χ1n) is 6.66. The van der Waals surface area contributed by atoms with Crippen molar-refractivity contribution in [3.8, 4) is 0 Å². The van der Waals surface area contributed by atoms with Crippen molar-refractivity contribution in [2.45, 2.75) is 32.7 Å². The van der Waals surface area contributed by atoms with Crippen LogP contribution in [0, 0.1) is 21.8 Å². The van der Waals surface area contributed by atoms with Gasteiger partial charge in [0.15, 0.2) is 0 Å². The average Bonchev–Trinajstić information content (AvgIpc) is 2.40. The monoisotopic (exact) mass is 280 g/mol. The SMILES string of the molecule is CC1CCCN(C(=O)c2cc(F)ccc2[N+](=O)[O-])C1C. The van der Waals surface area contributed by atoms with E-state index in [4.69, 9.17) is 0 Å². The number of piperidine rings is 1. The van der Waals surface area contributed by atoms with Crippen LogP contribution in [0.1, 0.15) is 37.0 Å². The largest absolute Gasteiger partial charge is 0.335 e. The zero-order valence-electron chi connectivity index (χ0n) is 11.5. The first kappa shape index (κ1) is 14.4. The fraction of sp³-hybridized carbons (Fsp3) is 0.500. The highest BCUT2D eigenvalue weighted by atomic mass is 19.1. The molecule has 1 heterocycles. The number of hydrogen-bond donors (Lipinski definition) is 0. The lowest BCUT2D eigenvalue weighted by Gasteiger charge is -2.37. The summed E-state index contributed by atoms with van der Waals surface area (Å²) in [5, 5.41) is 11.0. The van der Waals surface area contributed by atoms with Gasteiger partial charge < -0.3 is 4.90 Å². The van der Waals surface area contributed by atoms with Gasteiger partial charge in [-0.15, -0.1) is 0 Å². The van der Waals surface area contributed by atoms with Gasteiger partial charge in [-0.2, -0.15) is 0 Å². The molecule has 1 aliphatic rings. The summed E-state index contributed by atoms with van der Waals surface area (Å²) in [6.07, 6.45) is 1.89. The van der Waals surface area contributed by atoms with E-state index in [2.05, 4.69) is 0 Å². The fourth-order valence-electron chi connectivity index (χ4n) is 2.62. The molecule has 1 fully saturated rings. The van der Waals surface area contributed by atoms with E-state index >= 15 is 0 Å². The Balaban J connectivity index is 2.37. The van der Waals surface area contributed by atoms with Crippen molar-refractivity contribution in [1.29, 1.82) is 0 Å². The van der Waals surface area contributed by atoms with Gasteiger partial charge in [-0.05, 0) is 37.8 Å². The van der Waals surface area contributed by atoms with Crippen LogP contribution in [-0.2, 0) is 0 Å². The first-order valence-corrected chi connectivity index (χ1v) is 6.66. The molecule has 2 atom stereocenters. The van der Waals surface area contributed by atoms with Crippen molar-refractivity contribution in [3.05, 3.63) is 39.7 Å². The second-order valence-electron chi connectivity index (χ2n) is 5.28. The fourth-order valence-corrected chi connectivity index (χ4v) is 2.62. The second-order valence-corrected chi connectivity index (χ2v) is 5.28. The van der Waals surface area contributed by atoms with Gasteiger partial charge in [0.25, 0.3) is 11.6 Å². The van der Waals surface area contributed by atoms with Gasteiger partial charge in [-0.3, -0.25) is 14.9 Å². The van der Waals surface area contributed by atoms with Crippen molar-refractivity contribution in [2.24, 2.45) is 5.92 Å². The lowest BCUT2D eigenvalue weighted by Crippen LogP contribution is -2.46. The molecule has 108 valence electrons. The molecule has 5 nitrogen and oxygen atoms in total. The molecule has 1 aromatic rings. The Kier molecular flexibility index (Phi) is 4.01. The number of nitrogens with zero attached hydrogens (tertiary/aromatic N) is 2. The van der Waals surface area contributed by atoms with Crippen LogP contribution in [0.4, 0.5) is 10.1 Å². The third-order valence-corrected chi connectivity index (χ3v) is 4.02. The number of nitro groups is 1. The van der Waals surface area contributed by atoms with Crippen molar-refractivity contribution in [2.75, 3.05) is 6.54 Å². The molecule has 0 N–H and O–H groups in total. The molecule has 2 rings (SSSR count). The van der Waals surface area contributed by atoms with Crippen LogP contribution in [0.3, 0.4) is 0 Å². The number of halogens is 1. The molecule has 20 heavy (non-hydrogen) atoms. The summed E-state index contributed by atoms with van der Waals surface area (Å²) in [5.41, 5.74) is -0.516. The maximum absolute atomic E-state index is 13.3. The van der Waals surface area contributed by atoms with Crippen LogP contribution in [0.2, 0.25) is 0 Å². The molecule has 6 heteroatoms. The molecule has 1 aliphatic heterocycles. The maximum atomic E-state index is 13.3. The molecule has 1 aromatic carbocycles. The molecule has 0 spiro atoms. The van der Waals surface area contributed by atoms with Gasteiger partial charge >= 0.3 is 0 Å². The standard InChI is InChI=1S/C14H17FN2O3/c1-9-4-3-7-16(10(9)2)14(18)12-8-11(15)5-6-13(12)17(19)20/h5-6,8-10H,3-4,7H2,1-2H3. The number of likely N-dealkylation sites (tertiary alicyclic amines) is 1. The molecule has 1 amide bonds. The molecule has 1 saturated heterocycles. The van der Waals surface area contributed by atoms with Crippen molar-refractivity contribution >= 4 is 11.6 Å². The van der Waals surface area contributed by atoms with E-state index in [0.29, 0.717) is 12.5 Å². The van der Waals surface area contributed by atoms with Crippen LogP contribution in [0.25, 0.3) is 0 Å². The Morgan fingerprint density at radius 1 is 1.45 bits per heavy atom. The highest BCUT2D eigenvalue weighted by molar-refractivity contribution is 5.98. The molecule has 0 saturated carbocycles. The predicted octanol–water partition coefficient (Wildman–Crippen LogP) is 2.99. The first-order chi connectivity index (χ1) is 9.41. The van der Waals surface area contributed by atoms with Gasteiger partial charge in [0, 0.05) is 18.7 Å². The summed E-state index contributed by atoms with van der Waals surface area (Å²) in [5.74, 6) is -0.771. The Morgan fingerprint density at radius 3 is 2.80 bits per heavy atom. The molecule has 0 aromatic heterocycles. The number of rotatable bonds is 2. The summed E-state index contributed by atoms with van der Waals surface area (Å²) < 4.78 is 13.3. The smallest absolute Gasteiger partial charge is 0.282 e. The van der Waals surface area contributed by atoms with Gasteiger partial charge in [-0.25, -0.2) is 4.39 Å². The average molecular weight is 280 g/mol. The van der Waals surface area contributed by atoms with Crippen molar-refractivity contribution < 1.29 is 14.1 Å². The molecule has 0 bridgehead atoms. The predicted molar refractivity (Wildman–Crippen MR) is 72.0 cm³/mol. The highest BCUT2D eigenvalue weighted by Gasteiger charge is 2.32. The summed E-state index contributed by atoms with van der Waals surface area (Å²) >= 11 is 0. The Hall–Kier alpha value is -1.98. The summed E-state index contributed by atoms with van der Waals surface area (Å²) in [6.45, 7) is 4.52. The number of carbonyl (C=O) groups is 1. The molecule has 2 unspecified atom stereocenters. The lowest BCUT2D eigenvalue weighted by molar-refractivity contribution is -0.385. The lowest BCUT2D eigenvalue weighted by atomic mass is 9.91. The van der Waals surface area contributed by atoms with Crippen LogP contribution in [0.5, 0.6) is 0 Å². The van der Waals surface area contributed by atoms with Gasteiger partial charge in [-0.1, -0.05) is 6.92 Å². The number of benzene rings is 1. The molecule has 0 aliphatic carbocycles. The summed E-state index contributed by atoms with van der Waals surface area (Å²) in [6, 6.07) is 2.99. The zero-order chi connectivity index (χ0) is 14.9. The molecular formula is C14H17FN2O3. The van der Waals surface area contributed by atoms with E-state index in [1.165, 1.54) is 0 Å². The van der Waals surface area contributed by atoms with E-state index in [1.807, 2.05) is 13.8 Å². The normalized spacial score (nSPS) is 22.6. The zero-order valence-corrected chi connectivity index (χ0v) is 11.5. The van der Waals surface area contributed by atoms with Crippen LogP contribution in [0.15, 0.2) is 18.2 Å². The van der Waals surface area contributed by atoms with Crippen LogP contribution >= 0.6 is 0 Å². The summed E-state index contributed by atoms with van der Waals surface area (Å²) in [7, 11) is 0. The quantitative estimate of drug-likeness (QED) is 0.618. The topological polar surface area (TPSA) is 63.5 Å². The number of carbonyl (C=O) groups excluding carboxylic acids is 1. The second kappa shape index (κ2) is 5.56. The molecular weight excluding hydrogens is 263 g/mol. The third-order valence-electron chi connectivity index (χ3n) is 4.02. The van der Waals surface area contributed by atoms with E-state index in [9.17, 15) is 19.3 Å². The third kappa shape index (κ3) is 2.64. The molecule has 0 radical (unpaired) electrons. The van der Waals surface area contributed by atoms with Crippen LogP contribution in [-0.4, -0.2) is 28.3 Å².